The molecule has 0 fully saturated rings. The molecular weight excluding hydrogens is 312 g/mol. The van der Waals surface area contributed by atoms with Gasteiger partial charge in [0.2, 0.25) is 0 Å². The van der Waals surface area contributed by atoms with Crippen molar-refractivity contribution in [3.05, 3.63) is 70.2 Å². The first kappa shape index (κ1) is 14.8. The summed E-state index contributed by atoms with van der Waals surface area (Å²) in [7, 11) is 2.07. The molecule has 0 aliphatic heterocycles. The Labute approximate surface area is 128 Å². The van der Waals surface area contributed by atoms with E-state index in [4.69, 9.17) is 5.26 Å². The lowest BCUT2D eigenvalue weighted by atomic mass is 10.0. The van der Waals surface area contributed by atoms with E-state index in [9.17, 15) is 0 Å². The van der Waals surface area contributed by atoms with Gasteiger partial charge in [0.05, 0.1) is 12.5 Å². The van der Waals surface area contributed by atoms with E-state index in [0.29, 0.717) is 6.42 Å². The van der Waals surface area contributed by atoms with Crippen molar-refractivity contribution < 1.29 is 0 Å². The number of hydrogen-bond donors (Lipinski definition) is 0. The molecule has 20 heavy (non-hydrogen) atoms. The van der Waals surface area contributed by atoms with Crippen LogP contribution in [0.5, 0.6) is 0 Å². The number of benzene rings is 2. The Morgan fingerprint density at radius 3 is 2.35 bits per heavy atom. The van der Waals surface area contributed by atoms with Gasteiger partial charge in [0, 0.05) is 17.1 Å². The lowest BCUT2D eigenvalue weighted by Gasteiger charge is -2.26. The maximum absolute atomic E-state index is 9.07. The zero-order chi connectivity index (χ0) is 14.4. The third-order valence-corrected chi connectivity index (χ3v) is 3.87. The summed E-state index contributed by atoms with van der Waals surface area (Å²) in [5.41, 5.74) is 2.43. The maximum atomic E-state index is 9.07. The molecule has 1 atom stereocenters. The molecule has 102 valence electrons. The molecule has 2 rings (SSSR count). The zero-order valence-electron chi connectivity index (χ0n) is 11.5. The van der Waals surface area contributed by atoms with Gasteiger partial charge in [-0.05, 0) is 30.3 Å². The van der Waals surface area contributed by atoms with Gasteiger partial charge in [-0.25, -0.2) is 0 Å². The summed E-state index contributed by atoms with van der Waals surface area (Å²) < 4.78 is 1.08. The summed E-state index contributed by atoms with van der Waals surface area (Å²) in [4.78, 5) is 2.22. The van der Waals surface area contributed by atoms with Gasteiger partial charge in [-0.3, -0.25) is 4.90 Å². The molecule has 2 nitrogen and oxygen atoms in total. The second-order valence-corrected chi connectivity index (χ2v) is 5.75. The van der Waals surface area contributed by atoms with E-state index in [-0.39, 0.29) is 6.04 Å². The van der Waals surface area contributed by atoms with E-state index in [0.717, 1.165) is 11.0 Å². The summed E-state index contributed by atoms with van der Waals surface area (Å²) >= 11 is 3.45. The fourth-order valence-electron chi connectivity index (χ4n) is 2.28. The number of halogens is 1. The maximum Gasteiger partial charge on any atom is 0.0641 e. The van der Waals surface area contributed by atoms with Gasteiger partial charge in [-0.2, -0.15) is 5.26 Å². The largest absolute Gasteiger partial charge is 0.294 e. The molecular formula is C17H17BrN2. The third-order valence-electron chi connectivity index (χ3n) is 3.35. The zero-order valence-corrected chi connectivity index (χ0v) is 13.0. The summed E-state index contributed by atoms with van der Waals surface area (Å²) in [6, 6.07) is 20.9. The van der Waals surface area contributed by atoms with Crippen LogP contribution in [-0.4, -0.2) is 11.9 Å². The van der Waals surface area contributed by atoms with Crippen molar-refractivity contribution in [2.75, 3.05) is 7.05 Å². The minimum absolute atomic E-state index is 0.129. The highest BCUT2D eigenvalue weighted by molar-refractivity contribution is 9.10. The van der Waals surface area contributed by atoms with Crippen LogP contribution >= 0.6 is 15.9 Å². The molecule has 0 saturated carbocycles. The van der Waals surface area contributed by atoms with Gasteiger partial charge in [0.25, 0.3) is 0 Å². The summed E-state index contributed by atoms with van der Waals surface area (Å²) in [5, 5.41) is 9.07. The Morgan fingerprint density at radius 2 is 1.75 bits per heavy atom. The Balaban J connectivity index is 2.13. The molecule has 0 saturated heterocycles. The fraction of sp³-hybridized carbons (Fsp3) is 0.235. The minimum atomic E-state index is 0.129. The van der Waals surface area contributed by atoms with E-state index in [1.807, 2.05) is 30.3 Å². The number of nitrogens with zero attached hydrogens (tertiary/aromatic N) is 2. The predicted octanol–water partition coefficient (Wildman–Crippen LogP) is 4.54. The Bertz CT molecular complexity index is 572. The summed E-state index contributed by atoms with van der Waals surface area (Å²) in [6.07, 6.45) is 0.497. The topological polar surface area (TPSA) is 27.0 Å². The van der Waals surface area contributed by atoms with Crippen LogP contribution in [0.15, 0.2) is 59.1 Å². The Kier molecular flexibility index (Phi) is 5.34. The summed E-state index contributed by atoms with van der Waals surface area (Å²) in [5.74, 6) is 0. The van der Waals surface area contributed by atoms with Crippen LogP contribution in [0.1, 0.15) is 23.6 Å². The van der Waals surface area contributed by atoms with E-state index >= 15 is 0 Å². The molecule has 0 aromatic heterocycles. The molecule has 3 heteroatoms. The normalized spacial score (nSPS) is 12.1. The highest BCUT2D eigenvalue weighted by Gasteiger charge is 2.16. The standard InChI is InChI=1S/C17H17BrN2/c1-20(13-14-7-9-16(18)10-8-14)17(11-12-19)15-5-3-2-4-6-15/h2-10,17H,11,13H2,1H3. The van der Waals surface area contributed by atoms with Crippen LogP contribution in [0.2, 0.25) is 0 Å². The first-order valence-corrected chi connectivity index (χ1v) is 7.36. The first-order chi connectivity index (χ1) is 9.70. The van der Waals surface area contributed by atoms with Crippen molar-refractivity contribution in [3.63, 3.8) is 0 Å². The summed E-state index contributed by atoms with van der Waals surface area (Å²) in [6.45, 7) is 0.828. The number of rotatable bonds is 5. The SMILES string of the molecule is CN(Cc1ccc(Br)cc1)C(CC#N)c1ccccc1. The molecule has 0 bridgehead atoms. The smallest absolute Gasteiger partial charge is 0.0641 e. The highest BCUT2D eigenvalue weighted by atomic mass is 79.9. The van der Waals surface area contributed by atoms with Gasteiger partial charge in [-0.1, -0.05) is 58.4 Å². The molecule has 0 aliphatic carbocycles. The number of nitriles is 1. The van der Waals surface area contributed by atoms with Crippen molar-refractivity contribution in [3.8, 4) is 6.07 Å². The quantitative estimate of drug-likeness (QED) is 0.805. The molecule has 1 unspecified atom stereocenters. The second kappa shape index (κ2) is 7.23. The predicted molar refractivity (Wildman–Crippen MR) is 85.0 cm³/mol. The fourth-order valence-corrected chi connectivity index (χ4v) is 2.54. The van der Waals surface area contributed by atoms with Crippen LogP contribution in [-0.2, 0) is 6.54 Å². The van der Waals surface area contributed by atoms with Crippen molar-refractivity contribution in [2.24, 2.45) is 0 Å². The molecule has 0 amide bonds. The van der Waals surface area contributed by atoms with Crippen molar-refractivity contribution >= 4 is 15.9 Å². The Hall–Kier alpha value is -1.63. The van der Waals surface area contributed by atoms with Crippen LogP contribution in [0, 0.1) is 11.3 Å². The second-order valence-electron chi connectivity index (χ2n) is 4.83. The molecule has 0 radical (unpaired) electrons. The molecule has 0 aliphatic rings. The third kappa shape index (κ3) is 3.93. The molecule has 0 heterocycles. The van der Waals surface area contributed by atoms with Crippen LogP contribution in [0.3, 0.4) is 0 Å². The Morgan fingerprint density at radius 1 is 1.10 bits per heavy atom. The van der Waals surface area contributed by atoms with Crippen molar-refractivity contribution in [1.82, 2.24) is 4.90 Å². The van der Waals surface area contributed by atoms with E-state index in [1.54, 1.807) is 0 Å². The average molecular weight is 329 g/mol. The molecule has 2 aromatic carbocycles. The van der Waals surface area contributed by atoms with Gasteiger partial charge >= 0.3 is 0 Å². The highest BCUT2D eigenvalue weighted by Crippen LogP contribution is 2.24. The molecule has 2 aromatic rings. The lowest BCUT2D eigenvalue weighted by molar-refractivity contribution is 0.239. The van der Waals surface area contributed by atoms with E-state index < -0.39 is 0 Å². The van der Waals surface area contributed by atoms with Crippen LogP contribution in [0.25, 0.3) is 0 Å². The van der Waals surface area contributed by atoms with Crippen LogP contribution < -0.4 is 0 Å². The van der Waals surface area contributed by atoms with Gasteiger partial charge in [0.1, 0.15) is 0 Å². The number of hydrogen-bond acceptors (Lipinski definition) is 2. The lowest BCUT2D eigenvalue weighted by Crippen LogP contribution is -2.24. The van der Waals surface area contributed by atoms with E-state index in [1.165, 1.54) is 11.1 Å². The molecule has 0 spiro atoms. The van der Waals surface area contributed by atoms with Gasteiger partial charge in [0.15, 0.2) is 0 Å². The van der Waals surface area contributed by atoms with Crippen LogP contribution in [0.4, 0.5) is 0 Å². The van der Waals surface area contributed by atoms with Gasteiger partial charge < -0.3 is 0 Å². The van der Waals surface area contributed by atoms with E-state index in [2.05, 4.69) is 58.2 Å². The van der Waals surface area contributed by atoms with Crippen molar-refractivity contribution in [1.29, 1.82) is 5.26 Å². The minimum Gasteiger partial charge on any atom is -0.294 e. The first-order valence-electron chi connectivity index (χ1n) is 6.57. The average Bonchev–Trinajstić information content (AvgIpc) is 2.48. The molecule has 0 N–H and O–H groups in total. The van der Waals surface area contributed by atoms with Gasteiger partial charge in [-0.15, -0.1) is 0 Å². The monoisotopic (exact) mass is 328 g/mol. The van der Waals surface area contributed by atoms with Crippen molar-refractivity contribution in [2.45, 2.75) is 19.0 Å².